The molecule has 0 aliphatic carbocycles. The summed E-state index contributed by atoms with van der Waals surface area (Å²) in [6, 6.07) is 93.2. The van der Waals surface area contributed by atoms with E-state index in [-0.39, 0.29) is 0 Å². The van der Waals surface area contributed by atoms with Crippen LogP contribution in [0, 0.1) is 0 Å². The van der Waals surface area contributed by atoms with Crippen molar-refractivity contribution in [3.05, 3.63) is 255 Å². The predicted molar refractivity (Wildman–Crippen MR) is 259 cm³/mol. The van der Waals surface area contributed by atoms with Crippen molar-refractivity contribution >= 4 is 51.0 Å². The Kier molecular flexibility index (Phi) is 10.0. The predicted octanol–water partition coefficient (Wildman–Crippen LogP) is 12.6. The molecule has 60 heavy (non-hydrogen) atoms. The second kappa shape index (κ2) is 16.4. The van der Waals surface area contributed by atoms with Crippen LogP contribution >= 0.6 is 0 Å². The van der Waals surface area contributed by atoms with Gasteiger partial charge in [-0.1, -0.05) is 224 Å². The summed E-state index contributed by atoms with van der Waals surface area (Å²) < 4.78 is 0. The fourth-order valence-corrected chi connectivity index (χ4v) is 13.6. The van der Waals surface area contributed by atoms with E-state index in [1.807, 2.05) is 0 Å². The molecule has 1 N–H and O–H groups in total. The Morgan fingerprint density at radius 1 is 0.250 bits per heavy atom. The van der Waals surface area contributed by atoms with Crippen LogP contribution in [-0.2, 0) is 0 Å². The highest BCUT2D eigenvalue weighted by molar-refractivity contribution is 7.19. The maximum Gasteiger partial charge on any atom is 0.179 e. The molecule has 284 valence electrons. The first-order valence-electron chi connectivity index (χ1n) is 20.7. The zero-order valence-electron chi connectivity index (χ0n) is 33.2. The molecule has 0 aromatic heterocycles. The number of anilines is 2. The molecule has 0 unspecified atom stereocenters. The van der Waals surface area contributed by atoms with Crippen LogP contribution in [0.4, 0.5) is 11.4 Å². The minimum atomic E-state index is -2.66. The molecular weight excluding hydrogens is 739 g/mol. The van der Waals surface area contributed by atoms with Crippen LogP contribution < -0.4 is 26.1 Å². The van der Waals surface area contributed by atoms with Gasteiger partial charge in [-0.05, 0) is 101 Å². The lowest BCUT2D eigenvalue weighted by molar-refractivity contribution is 1.53. The summed E-state index contributed by atoms with van der Waals surface area (Å²) in [4.78, 5) is 0. The Bertz CT molecular complexity index is 2920. The zero-order chi connectivity index (χ0) is 40.1. The summed E-state index contributed by atoms with van der Waals surface area (Å²) in [5.74, 6) is 0. The second-order valence-electron chi connectivity index (χ2n) is 15.4. The van der Waals surface area contributed by atoms with E-state index in [0.717, 1.165) is 22.5 Å². The van der Waals surface area contributed by atoms with Crippen LogP contribution in [-0.4, -0.2) is 8.07 Å². The van der Waals surface area contributed by atoms with E-state index in [9.17, 15) is 0 Å². The smallest absolute Gasteiger partial charge is 0.179 e. The normalized spacial score (nSPS) is 11.3. The first-order valence-corrected chi connectivity index (χ1v) is 22.7. The molecule has 0 amide bonds. The molecule has 10 rings (SSSR count). The van der Waals surface area contributed by atoms with Gasteiger partial charge in [0.05, 0.1) is 0 Å². The van der Waals surface area contributed by atoms with E-state index >= 15 is 0 Å². The van der Waals surface area contributed by atoms with E-state index < -0.39 is 8.07 Å². The van der Waals surface area contributed by atoms with Crippen molar-refractivity contribution in [3.63, 3.8) is 0 Å². The molecule has 0 heterocycles. The number of benzene rings is 10. The molecule has 10 aromatic rings. The van der Waals surface area contributed by atoms with Crippen molar-refractivity contribution in [2.75, 3.05) is 5.32 Å². The van der Waals surface area contributed by atoms with E-state index in [0.29, 0.717) is 0 Å². The molecule has 0 spiro atoms. The summed E-state index contributed by atoms with van der Waals surface area (Å²) in [5, 5.41) is 11.7. The summed E-state index contributed by atoms with van der Waals surface area (Å²) in [5.41, 5.74) is 11.6. The average molecular weight is 782 g/mol. The van der Waals surface area contributed by atoms with Gasteiger partial charge in [0.25, 0.3) is 0 Å². The third-order valence-electron chi connectivity index (χ3n) is 11.8. The van der Waals surface area contributed by atoms with E-state index in [2.05, 4.69) is 260 Å². The van der Waals surface area contributed by atoms with Gasteiger partial charge in [-0.15, -0.1) is 0 Å². The Balaban J connectivity index is 1.07. The monoisotopic (exact) mass is 781 g/mol. The first kappa shape index (κ1) is 36.8. The third kappa shape index (κ3) is 7.15. The van der Waals surface area contributed by atoms with Gasteiger partial charge in [-0.25, -0.2) is 0 Å². The molecule has 0 atom stereocenters. The van der Waals surface area contributed by atoms with Crippen molar-refractivity contribution in [1.29, 1.82) is 0 Å². The second-order valence-corrected chi connectivity index (χ2v) is 19.2. The molecule has 0 aliphatic heterocycles. The van der Waals surface area contributed by atoms with Crippen LogP contribution in [0.1, 0.15) is 0 Å². The van der Waals surface area contributed by atoms with E-state index in [1.54, 1.807) is 0 Å². The lowest BCUT2D eigenvalue weighted by atomic mass is 9.95. The molecule has 0 aliphatic rings. The van der Waals surface area contributed by atoms with Crippen LogP contribution in [0.25, 0.3) is 55.3 Å². The molecule has 1 nitrogen and oxygen atoms in total. The van der Waals surface area contributed by atoms with Crippen LogP contribution in [0.5, 0.6) is 0 Å². The van der Waals surface area contributed by atoms with Gasteiger partial charge >= 0.3 is 0 Å². The first-order chi connectivity index (χ1) is 29.7. The van der Waals surface area contributed by atoms with Crippen LogP contribution in [0.2, 0.25) is 0 Å². The number of hydrogen-bond donors (Lipinski definition) is 1. The lowest BCUT2D eigenvalue weighted by Crippen LogP contribution is -2.74. The quantitative estimate of drug-likeness (QED) is 0.108. The SMILES string of the molecule is c1ccc(-c2cccc(-c3ccc(-c4ccc(Nc5ccc6ccccc6c5)c(-c5ccc([Si](c6ccccc6)(c6ccccc6)c6ccccc6)cc5)c4)cc3)c2)cc1. The lowest BCUT2D eigenvalue weighted by Gasteiger charge is -2.34. The molecule has 0 fully saturated rings. The molecule has 0 saturated carbocycles. The summed E-state index contributed by atoms with van der Waals surface area (Å²) in [7, 11) is -2.66. The summed E-state index contributed by atoms with van der Waals surface area (Å²) in [6.45, 7) is 0. The van der Waals surface area contributed by atoms with Crippen LogP contribution in [0.3, 0.4) is 0 Å². The van der Waals surface area contributed by atoms with Gasteiger partial charge < -0.3 is 5.32 Å². The van der Waals surface area contributed by atoms with Gasteiger partial charge in [0.2, 0.25) is 0 Å². The summed E-state index contributed by atoms with van der Waals surface area (Å²) in [6.07, 6.45) is 0. The number of fused-ring (bicyclic) bond motifs is 1. The van der Waals surface area contributed by atoms with E-state index in [4.69, 9.17) is 0 Å². The van der Waals surface area contributed by atoms with Gasteiger partial charge in [0.1, 0.15) is 0 Å². The van der Waals surface area contributed by atoms with Gasteiger partial charge in [0.15, 0.2) is 8.07 Å². The molecular formula is C58H43NSi. The number of hydrogen-bond acceptors (Lipinski definition) is 1. The highest BCUT2D eigenvalue weighted by Gasteiger charge is 2.41. The number of rotatable bonds is 10. The maximum atomic E-state index is 3.82. The average Bonchev–Trinajstić information content (AvgIpc) is 3.33. The van der Waals surface area contributed by atoms with Crippen molar-refractivity contribution in [2.24, 2.45) is 0 Å². The highest BCUT2D eigenvalue weighted by atomic mass is 28.3. The van der Waals surface area contributed by atoms with Gasteiger partial charge in [-0.2, -0.15) is 0 Å². The van der Waals surface area contributed by atoms with Crippen LogP contribution in [0.15, 0.2) is 255 Å². The molecule has 0 radical (unpaired) electrons. The largest absolute Gasteiger partial charge is 0.355 e. The fourth-order valence-electron chi connectivity index (χ4n) is 8.82. The maximum absolute atomic E-state index is 3.82. The fraction of sp³-hybridized carbons (Fsp3) is 0. The summed E-state index contributed by atoms with van der Waals surface area (Å²) >= 11 is 0. The van der Waals surface area contributed by atoms with E-state index in [1.165, 1.54) is 64.9 Å². The minimum Gasteiger partial charge on any atom is -0.355 e. The highest BCUT2D eigenvalue weighted by Crippen LogP contribution is 2.36. The Morgan fingerprint density at radius 3 is 1.23 bits per heavy atom. The van der Waals surface area contributed by atoms with Gasteiger partial charge in [-0.3, -0.25) is 0 Å². The standard InChI is InChI=1S/C58H43NSi/c1-5-16-43(17-6-1)48-20-15-21-49(40-48)45-28-30-46(31-29-45)51-35-39-58(59-52-36-32-44-18-13-14-19-50(44)41-52)57(42-51)47-33-37-56(38-34-47)60(53-22-7-2-8-23-53,54-24-9-3-10-25-54)55-26-11-4-12-27-55/h1-42,59H. The topological polar surface area (TPSA) is 12.0 Å². The Hall–Kier alpha value is -7.52. The Labute approximate surface area is 354 Å². The zero-order valence-corrected chi connectivity index (χ0v) is 34.2. The van der Waals surface area contributed by atoms with Crippen molar-refractivity contribution < 1.29 is 0 Å². The van der Waals surface area contributed by atoms with Gasteiger partial charge in [0, 0.05) is 16.9 Å². The molecule has 0 bridgehead atoms. The molecule has 2 heteroatoms. The van der Waals surface area contributed by atoms with Crippen molar-refractivity contribution in [3.8, 4) is 44.5 Å². The molecule has 10 aromatic carbocycles. The molecule has 0 saturated heterocycles. The minimum absolute atomic E-state index is 1.06. The third-order valence-corrected chi connectivity index (χ3v) is 16.6. The number of nitrogens with one attached hydrogen (secondary N) is 1. The van der Waals surface area contributed by atoms with Crippen molar-refractivity contribution in [2.45, 2.75) is 0 Å². The van der Waals surface area contributed by atoms with Crippen molar-refractivity contribution in [1.82, 2.24) is 0 Å². The Morgan fingerprint density at radius 2 is 0.667 bits per heavy atom.